The van der Waals surface area contributed by atoms with Crippen LogP contribution < -0.4 is 10.6 Å². The number of hydrogen-bond donors (Lipinski definition) is 2. The molecule has 0 spiro atoms. The molecule has 0 aliphatic carbocycles. The normalized spacial score (nSPS) is 15.9. The number of likely N-dealkylation sites (N-methyl/N-ethyl adjacent to an activating group) is 1. The molecule has 0 radical (unpaired) electrons. The van der Waals surface area contributed by atoms with E-state index in [-0.39, 0.29) is 29.8 Å². The van der Waals surface area contributed by atoms with Crippen LogP contribution in [0.15, 0.2) is 29.2 Å². The third-order valence-corrected chi connectivity index (χ3v) is 5.30. The highest BCUT2D eigenvalue weighted by Crippen LogP contribution is 2.22. The molecular formula is C14H22ClN3O3S. The molecule has 8 heteroatoms. The standard InChI is InChI=1S/C14H21N3O3S.ClH/c1-15-11-14(18)16-12-6-5-7-13(10-12)21(19,20)17-8-3-2-4-9-17;/h5-7,10,15H,2-4,8-9,11H2,1H3,(H,16,18);1H. The van der Waals surface area contributed by atoms with Crippen LogP contribution in [0.1, 0.15) is 19.3 Å². The first kappa shape index (κ1) is 18.9. The number of nitrogens with one attached hydrogen (secondary N) is 2. The van der Waals surface area contributed by atoms with Crippen molar-refractivity contribution in [3.05, 3.63) is 24.3 Å². The van der Waals surface area contributed by atoms with E-state index >= 15 is 0 Å². The van der Waals surface area contributed by atoms with E-state index < -0.39 is 10.0 Å². The molecule has 0 aromatic heterocycles. The highest BCUT2D eigenvalue weighted by atomic mass is 35.5. The number of benzene rings is 1. The molecule has 1 aliphatic heterocycles. The average molecular weight is 348 g/mol. The molecule has 1 fully saturated rings. The number of hydrogen-bond acceptors (Lipinski definition) is 4. The lowest BCUT2D eigenvalue weighted by Gasteiger charge is -2.26. The number of halogens is 1. The molecule has 0 atom stereocenters. The number of piperidine rings is 1. The Labute approximate surface area is 137 Å². The summed E-state index contributed by atoms with van der Waals surface area (Å²) in [6.07, 6.45) is 2.88. The van der Waals surface area contributed by atoms with Crippen molar-refractivity contribution in [2.75, 3.05) is 32.0 Å². The van der Waals surface area contributed by atoms with Crippen molar-refractivity contribution in [3.8, 4) is 0 Å². The number of anilines is 1. The molecule has 0 bridgehead atoms. The first-order valence-electron chi connectivity index (χ1n) is 7.09. The van der Waals surface area contributed by atoms with Crippen molar-refractivity contribution in [1.82, 2.24) is 9.62 Å². The van der Waals surface area contributed by atoms with Crippen LogP contribution in [0.4, 0.5) is 5.69 Å². The topological polar surface area (TPSA) is 78.5 Å². The summed E-state index contributed by atoms with van der Waals surface area (Å²) in [5, 5.41) is 5.42. The van der Waals surface area contributed by atoms with Crippen LogP contribution in [0.5, 0.6) is 0 Å². The third-order valence-electron chi connectivity index (χ3n) is 3.41. The molecule has 6 nitrogen and oxygen atoms in total. The minimum Gasteiger partial charge on any atom is -0.325 e. The van der Waals surface area contributed by atoms with Gasteiger partial charge in [0.2, 0.25) is 15.9 Å². The predicted octanol–water partition coefficient (Wildman–Crippen LogP) is 1.44. The summed E-state index contributed by atoms with van der Waals surface area (Å²) < 4.78 is 26.6. The lowest BCUT2D eigenvalue weighted by atomic mass is 10.2. The number of nitrogens with zero attached hydrogens (tertiary/aromatic N) is 1. The lowest BCUT2D eigenvalue weighted by molar-refractivity contribution is -0.115. The fraction of sp³-hybridized carbons (Fsp3) is 0.500. The SMILES string of the molecule is CNCC(=O)Nc1cccc(S(=O)(=O)N2CCCCC2)c1.Cl. The minimum atomic E-state index is -3.47. The van der Waals surface area contributed by atoms with Crippen molar-refractivity contribution in [2.24, 2.45) is 0 Å². The van der Waals surface area contributed by atoms with Gasteiger partial charge in [0, 0.05) is 18.8 Å². The molecule has 124 valence electrons. The molecule has 1 aromatic rings. The van der Waals surface area contributed by atoms with Crippen LogP contribution in [-0.2, 0) is 14.8 Å². The molecule has 1 heterocycles. The van der Waals surface area contributed by atoms with E-state index in [2.05, 4.69) is 10.6 Å². The van der Waals surface area contributed by atoms with E-state index in [4.69, 9.17) is 0 Å². The number of rotatable bonds is 5. The van der Waals surface area contributed by atoms with Gasteiger partial charge in [-0.1, -0.05) is 12.5 Å². The summed E-state index contributed by atoms with van der Waals surface area (Å²) in [7, 11) is -1.79. The zero-order valence-electron chi connectivity index (χ0n) is 12.5. The Bertz CT molecular complexity index is 601. The second kappa shape index (κ2) is 8.47. The summed E-state index contributed by atoms with van der Waals surface area (Å²) in [5.41, 5.74) is 0.494. The Kier molecular flexibility index (Phi) is 7.28. The predicted molar refractivity (Wildman–Crippen MR) is 88.9 cm³/mol. The molecule has 1 amide bonds. The fourth-order valence-corrected chi connectivity index (χ4v) is 3.92. The van der Waals surface area contributed by atoms with Gasteiger partial charge in [-0.15, -0.1) is 12.4 Å². The smallest absolute Gasteiger partial charge is 0.243 e. The van der Waals surface area contributed by atoms with Gasteiger partial charge in [-0.2, -0.15) is 4.31 Å². The second-order valence-electron chi connectivity index (χ2n) is 5.07. The number of amides is 1. The molecule has 2 rings (SSSR count). The van der Waals surface area contributed by atoms with Crippen LogP contribution in [0, 0.1) is 0 Å². The van der Waals surface area contributed by atoms with Crippen molar-refractivity contribution in [1.29, 1.82) is 0 Å². The number of sulfonamides is 1. The van der Waals surface area contributed by atoms with Crippen molar-refractivity contribution in [2.45, 2.75) is 24.2 Å². The van der Waals surface area contributed by atoms with E-state index in [0.29, 0.717) is 18.8 Å². The highest BCUT2D eigenvalue weighted by molar-refractivity contribution is 7.89. The minimum absolute atomic E-state index is 0. The summed E-state index contributed by atoms with van der Waals surface area (Å²) in [6, 6.07) is 6.41. The lowest BCUT2D eigenvalue weighted by Crippen LogP contribution is -2.35. The van der Waals surface area contributed by atoms with Crippen LogP contribution in [0.2, 0.25) is 0 Å². The Morgan fingerprint density at radius 3 is 2.55 bits per heavy atom. The molecule has 0 unspecified atom stereocenters. The molecule has 1 aliphatic rings. The highest BCUT2D eigenvalue weighted by Gasteiger charge is 2.26. The molecule has 0 saturated carbocycles. The van der Waals surface area contributed by atoms with E-state index in [9.17, 15) is 13.2 Å². The van der Waals surface area contributed by atoms with Gasteiger partial charge in [-0.25, -0.2) is 8.42 Å². The monoisotopic (exact) mass is 347 g/mol. The van der Waals surface area contributed by atoms with Crippen LogP contribution in [0.3, 0.4) is 0 Å². The van der Waals surface area contributed by atoms with Gasteiger partial charge in [-0.05, 0) is 38.1 Å². The van der Waals surface area contributed by atoms with E-state index in [1.165, 1.54) is 10.4 Å². The van der Waals surface area contributed by atoms with Crippen LogP contribution in [0.25, 0.3) is 0 Å². The van der Waals surface area contributed by atoms with Gasteiger partial charge in [0.1, 0.15) is 0 Å². The molecule has 1 saturated heterocycles. The maximum absolute atomic E-state index is 12.6. The maximum Gasteiger partial charge on any atom is 0.243 e. The largest absolute Gasteiger partial charge is 0.325 e. The zero-order chi connectivity index (χ0) is 15.3. The van der Waals surface area contributed by atoms with Gasteiger partial charge in [0.25, 0.3) is 0 Å². The third kappa shape index (κ3) is 4.67. The molecule has 1 aromatic carbocycles. The summed E-state index contributed by atoms with van der Waals surface area (Å²) >= 11 is 0. The van der Waals surface area contributed by atoms with Gasteiger partial charge in [0.15, 0.2) is 0 Å². The van der Waals surface area contributed by atoms with Crippen LogP contribution in [-0.4, -0.2) is 45.3 Å². The van der Waals surface area contributed by atoms with E-state index in [0.717, 1.165) is 19.3 Å². The summed E-state index contributed by atoms with van der Waals surface area (Å²) in [5.74, 6) is -0.204. The first-order valence-corrected chi connectivity index (χ1v) is 8.53. The fourth-order valence-electron chi connectivity index (χ4n) is 2.35. The molecule has 22 heavy (non-hydrogen) atoms. The Balaban J connectivity index is 0.00000242. The Hall–Kier alpha value is -1.15. The molecular weight excluding hydrogens is 326 g/mol. The van der Waals surface area contributed by atoms with Gasteiger partial charge in [-0.3, -0.25) is 4.79 Å². The van der Waals surface area contributed by atoms with E-state index in [1.807, 2.05) is 0 Å². The van der Waals surface area contributed by atoms with Crippen molar-refractivity contribution in [3.63, 3.8) is 0 Å². The van der Waals surface area contributed by atoms with E-state index in [1.54, 1.807) is 25.2 Å². The average Bonchev–Trinajstić information content (AvgIpc) is 2.48. The number of carbonyl (C=O) groups is 1. The first-order chi connectivity index (χ1) is 10.0. The molecule has 2 N–H and O–H groups in total. The quantitative estimate of drug-likeness (QED) is 0.844. The summed E-state index contributed by atoms with van der Waals surface area (Å²) in [6.45, 7) is 1.32. The number of carbonyl (C=O) groups excluding carboxylic acids is 1. The second-order valence-corrected chi connectivity index (χ2v) is 7.01. The van der Waals surface area contributed by atoms with Crippen molar-refractivity contribution < 1.29 is 13.2 Å². The van der Waals surface area contributed by atoms with Gasteiger partial charge < -0.3 is 10.6 Å². The van der Waals surface area contributed by atoms with Gasteiger partial charge >= 0.3 is 0 Å². The Morgan fingerprint density at radius 2 is 1.91 bits per heavy atom. The Morgan fingerprint density at radius 1 is 1.23 bits per heavy atom. The maximum atomic E-state index is 12.6. The van der Waals surface area contributed by atoms with Gasteiger partial charge in [0.05, 0.1) is 11.4 Å². The van der Waals surface area contributed by atoms with Crippen LogP contribution >= 0.6 is 12.4 Å². The summed E-state index contributed by atoms with van der Waals surface area (Å²) in [4.78, 5) is 11.8. The zero-order valence-corrected chi connectivity index (χ0v) is 14.2. The van der Waals surface area contributed by atoms with Crippen molar-refractivity contribution >= 4 is 34.0 Å².